The van der Waals surface area contributed by atoms with Gasteiger partial charge in [0, 0.05) is 32.6 Å². The maximum Gasteiger partial charge on any atom is 0.284 e. The zero-order valence-corrected chi connectivity index (χ0v) is 17.7. The molecular formula is C20H28N4O4S. The van der Waals surface area contributed by atoms with Crippen LogP contribution < -0.4 is 10.6 Å². The second kappa shape index (κ2) is 8.94. The van der Waals surface area contributed by atoms with Crippen LogP contribution in [0.2, 0.25) is 0 Å². The minimum absolute atomic E-state index is 0.0278. The molecule has 1 aromatic carbocycles. The zero-order chi connectivity index (χ0) is 21.0. The number of carbonyl (C=O) groups excluding carboxylic acids is 2. The van der Waals surface area contributed by atoms with Crippen molar-refractivity contribution in [3.8, 4) is 0 Å². The summed E-state index contributed by atoms with van der Waals surface area (Å²) in [5.41, 5.74) is 0.365. The molecule has 0 radical (unpaired) electrons. The summed E-state index contributed by atoms with van der Waals surface area (Å²) in [6.07, 6.45) is 5.36. The number of hydrogen-bond acceptors (Lipinski definition) is 4. The van der Waals surface area contributed by atoms with E-state index in [9.17, 15) is 18.0 Å². The fraction of sp³-hybridized carbons (Fsp3) is 0.550. The summed E-state index contributed by atoms with van der Waals surface area (Å²) in [5, 5.41) is 5.51. The van der Waals surface area contributed by atoms with Gasteiger partial charge in [-0.25, -0.2) is 0 Å². The Hall–Kier alpha value is -2.42. The molecule has 2 N–H and O–H groups in total. The Bertz CT molecular complexity index is 907. The van der Waals surface area contributed by atoms with Crippen molar-refractivity contribution in [2.45, 2.75) is 56.4 Å². The van der Waals surface area contributed by atoms with E-state index in [0.717, 1.165) is 38.6 Å². The number of anilines is 1. The first-order valence-corrected chi connectivity index (χ1v) is 11.4. The lowest BCUT2D eigenvalue weighted by Gasteiger charge is -2.23. The highest BCUT2D eigenvalue weighted by Gasteiger charge is 2.31. The van der Waals surface area contributed by atoms with Crippen LogP contribution in [0.25, 0.3) is 0 Å². The average molecular weight is 421 g/mol. The monoisotopic (exact) mass is 420 g/mol. The predicted octanol–water partition coefficient (Wildman–Crippen LogP) is 2.13. The summed E-state index contributed by atoms with van der Waals surface area (Å²) in [4.78, 5) is 26.2. The molecule has 1 saturated carbocycles. The fourth-order valence-corrected chi connectivity index (χ4v) is 5.10. The molecule has 0 aromatic heterocycles. The quantitative estimate of drug-likeness (QED) is 0.733. The molecule has 1 aliphatic carbocycles. The number of amidine groups is 1. The normalized spacial score (nSPS) is 20.1. The van der Waals surface area contributed by atoms with Gasteiger partial charge in [-0.2, -0.15) is 8.42 Å². The van der Waals surface area contributed by atoms with E-state index in [4.69, 9.17) is 0 Å². The number of rotatable bonds is 6. The molecule has 0 spiro atoms. The highest BCUT2D eigenvalue weighted by atomic mass is 32.2. The first-order valence-electron chi connectivity index (χ1n) is 9.99. The van der Waals surface area contributed by atoms with Gasteiger partial charge in [0.15, 0.2) is 0 Å². The zero-order valence-electron chi connectivity index (χ0n) is 16.8. The highest BCUT2D eigenvalue weighted by molar-refractivity contribution is 7.90. The summed E-state index contributed by atoms with van der Waals surface area (Å²) in [5.74, 6) is 0.0508. The molecule has 0 bridgehead atoms. The van der Waals surface area contributed by atoms with Crippen LogP contribution in [0.15, 0.2) is 33.6 Å². The number of nitrogens with one attached hydrogen (secondary N) is 2. The van der Waals surface area contributed by atoms with Gasteiger partial charge in [-0.3, -0.25) is 9.59 Å². The van der Waals surface area contributed by atoms with E-state index in [1.54, 1.807) is 12.1 Å². The Labute approximate surface area is 171 Å². The van der Waals surface area contributed by atoms with Gasteiger partial charge in [0.2, 0.25) is 11.8 Å². The summed E-state index contributed by atoms with van der Waals surface area (Å²) in [7, 11) is -2.04. The molecule has 29 heavy (non-hydrogen) atoms. The van der Waals surface area contributed by atoms with Crippen LogP contribution in [0.1, 0.15) is 45.4 Å². The molecule has 1 heterocycles. The number of nitrogens with zero attached hydrogens (tertiary/aromatic N) is 2. The third-order valence-corrected chi connectivity index (χ3v) is 6.77. The van der Waals surface area contributed by atoms with Crippen LogP contribution in [0.3, 0.4) is 0 Å². The smallest absolute Gasteiger partial charge is 0.284 e. The lowest BCUT2D eigenvalue weighted by atomic mass is 9.97. The Kier molecular flexibility index (Phi) is 6.56. The average Bonchev–Trinajstić information content (AvgIpc) is 3.32. The Morgan fingerprint density at radius 3 is 2.55 bits per heavy atom. The summed E-state index contributed by atoms with van der Waals surface area (Å²) in [6.45, 7) is 2.18. The molecular weight excluding hydrogens is 392 g/mol. The first kappa shape index (κ1) is 21.3. The largest absolute Gasteiger partial charge is 0.362 e. The minimum atomic E-state index is -3.86. The SMILES string of the molecule is CC(=O)NC(C(=O)Nc1cccc(S(=O)(=O)/N=C2\CCCN2C)c1)C1CCCC1. The molecule has 2 aliphatic rings. The number of sulfonamides is 1. The van der Waals surface area contributed by atoms with Crippen LogP contribution in [0, 0.1) is 5.92 Å². The van der Waals surface area contributed by atoms with Crippen molar-refractivity contribution in [1.29, 1.82) is 0 Å². The molecule has 1 unspecified atom stereocenters. The van der Waals surface area contributed by atoms with Crippen LogP contribution in [-0.2, 0) is 19.6 Å². The Morgan fingerprint density at radius 1 is 1.21 bits per heavy atom. The molecule has 8 nitrogen and oxygen atoms in total. The lowest BCUT2D eigenvalue weighted by molar-refractivity contribution is -0.126. The topological polar surface area (TPSA) is 108 Å². The van der Waals surface area contributed by atoms with E-state index >= 15 is 0 Å². The van der Waals surface area contributed by atoms with Gasteiger partial charge in [0.1, 0.15) is 11.9 Å². The van der Waals surface area contributed by atoms with Gasteiger partial charge in [-0.05, 0) is 43.4 Å². The van der Waals surface area contributed by atoms with Gasteiger partial charge in [0.25, 0.3) is 10.0 Å². The number of amides is 2. The predicted molar refractivity (Wildman–Crippen MR) is 111 cm³/mol. The molecule has 1 atom stereocenters. The van der Waals surface area contributed by atoms with Crippen LogP contribution >= 0.6 is 0 Å². The maximum atomic E-state index is 12.8. The number of carbonyl (C=O) groups is 2. The van der Waals surface area contributed by atoms with Gasteiger partial charge in [0.05, 0.1) is 4.90 Å². The van der Waals surface area contributed by atoms with Crippen molar-refractivity contribution in [2.24, 2.45) is 10.3 Å². The number of hydrogen-bond donors (Lipinski definition) is 2. The van der Waals surface area contributed by atoms with E-state index in [2.05, 4.69) is 15.0 Å². The molecule has 1 aromatic rings. The van der Waals surface area contributed by atoms with Gasteiger partial charge < -0.3 is 15.5 Å². The fourth-order valence-electron chi connectivity index (χ4n) is 3.96. The van der Waals surface area contributed by atoms with E-state index in [0.29, 0.717) is 17.9 Å². The van der Waals surface area contributed by atoms with Crippen molar-refractivity contribution in [1.82, 2.24) is 10.2 Å². The number of benzene rings is 1. The van der Waals surface area contributed by atoms with Crippen molar-refractivity contribution in [2.75, 3.05) is 18.9 Å². The molecule has 1 aliphatic heterocycles. The van der Waals surface area contributed by atoms with Crippen molar-refractivity contribution >= 4 is 33.4 Å². The Morgan fingerprint density at radius 2 is 1.93 bits per heavy atom. The summed E-state index contributed by atoms with van der Waals surface area (Å²) < 4.78 is 29.3. The highest BCUT2D eigenvalue weighted by Crippen LogP contribution is 2.29. The van der Waals surface area contributed by atoms with Crippen LogP contribution in [0.5, 0.6) is 0 Å². The molecule has 158 valence electrons. The molecule has 1 saturated heterocycles. The molecule has 9 heteroatoms. The lowest BCUT2D eigenvalue weighted by Crippen LogP contribution is -2.47. The molecule has 3 rings (SSSR count). The Balaban J connectivity index is 1.78. The van der Waals surface area contributed by atoms with E-state index in [-0.39, 0.29) is 22.6 Å². The van der Waals surface area contributed by atoms with E-state index in [1.807, 2.05) is 11.9 Å². The standard InChI is InChI=1S/C20H28N4O4S/c1-14(25)21-19(15-7-3-4-8-15)20(26)22-16-9-5-10-17(13-16)29(27,28)23-18-11-6-12-24(18)2/h5,9-10,13,15,19H,3-4,6-8,11-12H2,1-2H3,(H,21,25)(H,22,26)/b23-18+. The van der Waals surface area contributed by atoms with E-state index in [1.165, 1.54) is 19.1 Å². The minimum Gasteiger partial charge on any atom is -0.362 e. The van der Waals surface area contributed by atoms with Crippen molar-refractivity contribution < 1.29 is 18.0 Å². The van der Waals surface area contributed by atoms with Crippen LogP contribution in [-0.4, -0.2) is 50.6 Å². The maximum absolute atomic E-state index is 12.8. The van der Waals surface area contributed by atoms with Crippen molar-refractivity contribution in [3.05, 3.63) is 24.3 Å². The molecule has 2 amide bonds. The van der Waals surface area contributed by atoms with Crippen molar-refractivity contribution in [3.63, 3.8) is 0 Å². The van der Waals surface area contributed by atoms with E-state index < -0.39 is 16.1 Å². The van der Waals surface area contributed by atoms with Crippen LogP contribution in [0.4, 0.5) is 5.69 Å². The third kappa shape index (κ3) is 5.35. The van der Waals surface area contributed by atoms with Gasteiger partial charge >= 0.3 is 0 Å². The third-order valence-electron chi connectivity index (χ3n) is 5.47. The second-order valence-electron chi connectivity index (χ2n) is 7.75. The summed E-state index contributed by atoms with van der Waals surface area (Å²) >= 11 is 0. The molecule has 2 fully saturated rings. The van der Waals surface area contributed by atoms with Gasteiger partial charge in [-0.15, -0.1) is 4.40 Å². The number of likely N-dealkylation sites (tertiary alicyclic amines) is 1. The second-order valence-corrected chi connectivity index (χ2v) is 9.35. The summed E-state index contributed by atoms with van der Waals surface area (Å²) in [6, 6.07) is 5.45. The van der Waals surface area contributed by atoms with Gasteiger partial charge in [-0.1, -0.05) is 18.9 Å². The first-order chi connectivity index (χ1) is 13.8.